The number of hydrogen-bond donors (Lipinski definition) is 8. The van der Waals surface area contributed by atoms with Crippen molar-refractivity contribution in [3.63, 3.8) is 0 Å². The average molecular weight is 1230 g/mol. The van der Waals surface area contributed by atoms with E-state index in [4.69, 9.17) is 18.9 Å². The standard InChI is InChI=1S/C34H52N6O4.C34H54N6O4/c1-39(2)29-17-13-27(14-18-29)9-3-4-10-28-15-19-30(20-16-28)40(23-25-43-33(41)31(37)11-5-7-21-35)24-26-44-34(42)32(38)12-6-8-22-36;1-3-39(4-2)29-17-13-27(14-18-29)11-12-28-15-19-30(20-16-28)40(23-25-43-33(41)31(37)9-5-7-21-35)24-26-44-34(42)32(38)10-6-8-22-36/h3-4,9-10,13-20,31-32H,5-8,11-12,21-26,35-38H2,1-2H3;11-20,31-32H,3-10,21-26,35-38H2,1-2H3/p+8/b9-3+,10-4+;12-11+. The summed E-state index contributed by atoms with van der Waals surface area (Å²) in [6, 6.07) is 31.8. The molecule has 20 heteroatoms. The molecule has 0 fully saturated rings. The van der Waals surface area contributed by atoms with Crippen LogP contribution < -0.4 is 65.5 Å². The highest BCUT2D eigenvalue weighted by Crippen LogP contribution is 2.21. The van der Waals surface area contributed by atoms with Crippen molar-refractivity contribution >= 4 is 70.9 Å². The summed E-state index contributed by atoms with van der Waals surface area (Å²) in [5.74, 6) is -1.14. The van der Waals surface area contributed by atoms with Gasteiger partial charge in [0.15, 0.2) is 24.2 Å². The second-order valence-corrected chi connectivity index (χ2v) is 22.3. The molecule has 4 unspecified atom stereocenters. The van der Waals surface area contributed by atoms with Crippen LogP contribution in [0.4, 0.5) is 22.7 Å². The lowest BCUT2D eigenvalue weighted by atomic mass is 10.1. The normalized spacial score (nSPS) is 12.7. The van der Waals surface area contributed by atoms with Crippen molar-refractivity contribution in [2.24, 2.45) is 0 Å². The fourth-order valence-corrected chi connectivity index (χ4v) is 9.37. The first-order valence-electron chi connectivity index (χ1n) is 32.1. The first-order valence-corrected chi connectivity index (χ1v) is 32.1. The van der Waals surface area contributed by atoms with Crippen LogP contribution >= 0.6 is 0 Å². The minimum Gasteiger partial charge on any atom is -0.459 e. The Morgan fingerprint density at radius 2 is 0.602 bits per heavy atom. The quantitative estimate of drug-likeness (QED) is 0.0101. The highest BCUT2D eigenvalue weighted by Gasteiger charge is 2.23. The highest BCUT2D eigenvalue weighted by molar-refractivity contribution is 5.76. The van der Waals surface area contributed by atoms with Crippen molar-refractivity contribution in [2.75, 3.05) is 126 Å². The molecule has 0 aliphatic carbocycles. The topological polar surface area (TPSA) is 339 Å². The number of hydrogen-bond acceptors (Lipinski definition) is 12. The Bertz CT molecular complexity index is 2550. The van der Waals surface area contributed by atoms with E-state index in [-0.39, 0.29) is 74.5 Å². The van der Waals surface area contributed by atoms with Gasteiger partial charge in [0.2, 0.25) is 0 Å². The van der Waals surface area contributed by atoms with Gasteiger partial charge in [-0.1, -0.05) is 85.0 Å². The van der Waals surface area contributed by atoms with Gasteiger partial charge >= 0.3 is 23.9 Å². The SMILES string of the molecule is CCN(CC)c1ccc(/C=C/c2ccc(N(CCOC(=O)C([NH3+])CCCC[NH3+])CCOC(=O)C([NH3+])CCCC[NH3+])cc2)cc1.CN(C)c1ccc(/C=C/C=C/c2ccc(N(CCOC(=O)C([NH3+])CCCC[NH3+])CCOC(=O)C([NH3+])CCCC[NH3+])cc2)cc1. The van der Waals surface area contributed by atoms with E-state index in [0.717, 1.165) is 124 Å². The first-order chi connectivity index (χ1) is 42.6. The zero-order valence-electron chi connectivity index (χ0n) is 54.1. The number of allylic oxidation sites excluding steroid dienone is 2. The van der Waals surface area contributed by atoms with E-state index in [1.165, 1.54) is 11.4 Å². The molecule has 0 saturated carbocycles. The van der Waals surface area contributed by atoms with E-state index in [0.29, 0.717) is 51.9 Å². The average Bonchev–Trinajstić information content (AvgIpc) is 3.57. The lowest BCUT2D eigenvalue weighted by Crippen LogP contribution is -2.65. The molecule has 4 aromatic carbocycles. The Hall–Kier alpha value is -7.14. The molecule has 486 valence electrons. The van der Waals surface area contributed by atoms with Gasteiger partial charge in [-0.2, -0.15) is 0 Å². The molecule has 88 heavy (non-hydrogen) atoms. The van der Waals surface area contributed by atoms with Gasteiger partial charge in [0.25, 0.3) is 0 Å². The lowest BCUT2D eigenvalue weighted by Gasteiger charge is -2.25. The molecule has 20 nitrogen and oxygen atoms in total. The molecule has 0 aliphatic heterocycles. The van der Waals surface area contributed by atoms with Crippen LogP contribution in [0, 0.1) is 0 Å². The van der Waals surface area contributed by atoms with E-state index in [1.807, 2.05) is 68.7 Å². The summed E-state index contributed by atoms with van der Waals surface area (Å²) in [6.07, 6.45) is 22.7. The summed E-state index contributed by atoms with van der Waals surface area (Å²) in [6.45, 7) is 12.5. The summed E-state index contributed by atoms with van der Waals surface area (Å²) >= 11 is 0. The third-order valence-electron chi connectivity index (χ3n) is 15.1. The van der Waals surface area contributed by atoms with Crippen LogP contribution in [-0.4, -0.2) is 154 Å². The van der Waals surface area contributed by atoms with Crippen molar-refractivity contribution in [2.45, 2.75) is 115 Å². The van der Waals surface area contributed by atoms with Gasteiger partial charge in [0, 0.05) is 75.6 Å². The number of benzene rings is 4. The smallest absolute Gasteiger partial charge is 0.364 e. The molecule has 0 bridgehead atoms. The molecular weight excluding hydrogens is 1110 g/mol. The molecular formula is C68H114N12O8+8. The summed E-state index contributed by atoms with van der Waals surface area (Å²) < 4.78 is 22.2. The molecule has 0 aliphatic rings. The number of carbonyl (C=O) groups excluding carboxylic acids is 4. The van der Waals surface area contributed by atoms with Crippen LogP contribution in [0.3, 0.4) is 0 Å². The van der Waals surface area contributed by atoms with Crippen molar-refractivity contribution in [3.05, 3.63) is 131 Å². The maximum Gasteiger partial charge on any atom is 0.364 e. The van der Waals surface area contributed by atoms with Gasteiger partial charge < -0.3 is 84.4 Å². The van der Waals surface area contributed by atoms with Crippen LogP contribution in [-0.2, 0) is 38.1 Å². The van der Waals surface area contributed by atoms with Crippen LogP contribution in [0.5, 0.6) is 0 Å². The van der Waals surface area contributed by atoms with E-state index in [9.17, 15) is 19.2 Å². The molecule has 0 spiro atoms. The number of unbranched alkanes of at least 4 members (excludes halogenated alkanes) is 4. The Morgan fingerprint density at radius 3 is 0.841 bits per heavy atom. The Kier molecular flexibility index (Phi) is 38.6. The Labute approximate surface area is 524 Å². The largest absolute Gasteiger partial charge is 0.459 e. The summed E-state index contributed by atoms with van der Waals surface area (Å²) in [7, 11) is 4.06. The van der Waals surface area contributed by atoms with Gasteiger partial charge in [-0.05, 0) is 136 Å². The summed E-state index contributed by atoms with van der Waals surface area (Å²) in [5, 5.41) is 0. The van der Waals surface area contributed by atoms with E-state index in [2.05, 4.69) is 158 Å². The molecule has 0 saturated heterocycles. The monoisotopic (exact) mass is 1230 g/mol. The van der Waals surface area contributed by atoms with Crippen LogP contribution in [0.1, 0.15) is 113 Å². The minimum atomic E-state index is -0.383. The summed E-state index contributed by atoms with van der Waals surface area (Å²) in [4.78, 5) is 58.3. The van der Waals surface area contributed by atoms with Gasteiger partial charge in [-0.15, -0.1) is 0 Å². The zero-order chi connectivity index (χ0) is 64.3. The Balaban J connectivity index is 0.000000460. The van der Waals surface area contributed by atoms with E-state index < -0.39 is 0 Å². The number of carbonyl (C=O) groups is 4. The first kappa shape index (κ1) is 75.1. The predicted octanol–water partition coefficient (Wildman–Crippen LogP) is 1.06. The molecule has 24 N–H and O–H groups in total. The van der Waals surface area contributed by atoms with Gasteiger partial charge in [0.1, 0.15) is 26.4 Å². The van der Waals surface area contributed by atoms with Gasteiger partial charge in [0.05, 0.1) is 52.4 Å². The van der Waals surface area contributed by atoms with Crippen LogP contribution in [0.15, 0.2) is 109 Å². The maximum absolute atomic E-state index is 12.4. The molecule has 4 atom stereocenters. The number of nitrogens with zero attached hydrogens (tertiary/aromatic N) is 4. The van der Waals surface area contributed by atoms with E-state index >= 15 is 0 Å². The van der Waals surface area contributed by atoms with Crippen molar-refractivity contribution in [1.82, 2.24) is 0 Å². The molecule has 0 heterocycles. The highest BCUT2D eigenvalue weighted by atomic mass is 16.5. The molecule has 0 aromatic heterocycles. The van der Waals surface area contributed by atoms with Gasteiger partial charge in [-0.3, -0.25) is 0 Å². The van der Waals surface area contributed by atoms with E-state index in [1.54, 1.807) is 0 Å². The van der Waals surface area contributed by atoms with Crippen molar-refractivity contribution < 1.29 is 84.0 Å². The number of ether oxygens (including phenoxy) is 4. The summed E-state index contributed by atoms with van der Waals surface area (Å²) in [5.41, 5.74) is 39.9. The number of anilines is 4. The Morgan fingerprint density at radius 1 is 0.364 bits per heavy atom. The molecule has 4 rings (SSSR count). The molecule has 4 aromatic rings. The minimum absolute atomic E-state index is 0.221. The second kappa shape index (κ2) is 45.2. The fourth-order valence-electron chi connectivity index (χ4n) is 9.37. The van der Waals surface area contributed by atoms with Crippen LogP contribution in [0.25, 0.3) is 24.3 Å². The maximum atomic E-state index is 12.4. The fraction of sp³-hybridized carbons (Fsp3) is 0.500. The number of esters is 4. The van der Waals surface area contributed by atoms with Crippen molar-refractivity contribution in [3.8, 4) is 0 Å². The van der Waals surface area contributed by atoms with Crippen LogP contribution in [0.2, 0.25) is 0 Å². The molecule has 0 amide bonds. The van der Waals surface area contributed by atoms with Gasteiger partial charge in [-0.25, -0.2) is 19.2 Å². The number of rotatable bonds is 43. The zero-order valence-corrected chi connectivity index (χ0v) is 54.1. The third-order valence-corrected chi connectivity index (χ3v) is 15.1. The lowest BCUT2D eigenvalue weighted by molar-refractivity contribution is -0.411. The predicted molar refractivity (Wildman–Crippen MR) is 352 cm³/mol. The third kappa shape index (κ3) is 30.7. The van der Waals surface area contributed by atoms with Crippen molar-refractivity contribution in [1.29, 1.82) is 0 Å². The second-order valence-electron chi connectivity index (χ2n) is 22.3. The molecule has 0 radical (unpaired) electrons. The number of quaternary nitrogens is 8.